The van der Waals surface area contributed by atoms with Gasteiger partial charge in [0.25, 0.3) is 0 Å². The first kappa shape index (κ1) is 11.0. The molecule has 0 radical (unpaired) electrons. The number of fused-ring (bicyclic) bond motifs is 1. The molecule has 2 aliphatic rings. The third-order valence-corrected chi connectivity index (χ3v) is 4.66. The van der Waals surface area contributed by atoms with Crippen LogP contribution < -0.4 is 0 Å². The second kappa shape index (κ2) is 4.64. The van der Waals surface area contributed by atoms with Crippen molar-refractivity contribution < 1.29 is 4.79 Å². The molecule has 0 heterocycles. The molecule has 17 heavy (non-hydrogen) atoms. The van der Waals surface area contributed by atoms with Crippen LogP contribution in [-0.2, 0) is 4.79 Å². The van der Waals surface area contributed by atoms with Gasteiger partial charge in [0, 0.05) is 12.3 Å². The lowest BCUT2D eigenvalue weighted by Crippen LogP contribution is -2.32. The minimum absolute atomic E-state index is 0.190. The smallest absolute Gasteiger partial charge is 0.140 e. The highest BCUT2D eigenvalue weighted by Crippen LogP contribution is 2.44. The van der Waals surface area contributed by atoms with Gasteiger partial charge in [0.05, 0.1) is 0 Å². The summed E-state index contributed by atoms with van der Waals surface area (Å²) in [4.78, 5) is 12.2. The van der Waals surface area contributed by atoms with Crippen molar-refractivity contribution in [3.05, 3.63) is 35.9 Å². The van der Waals surface area contributed by atoms with E-state index in [1.54, 1.807) is 0 Å². The molecule has 1 nitrogen and oxygen atoms in total. The Morgan fingerprint density at radius 1 is 0.941 bits per heavy atom. The molecule has 0 aliphatic heterocycles. The van der Waals surface area contributed by atoms with E-state index < -0.39 is 0 Å². The molecule has 0 aromatic heterocycles. The van der Waals surface area contributed by atoms with Crippen LogP contribution in [0.3, 0.4) is 0 Å². The molecule has 0 amide bonds. The molecule has 2 fully saturated rings. The predicted octanol–water partition coefficient (Wildman–Crippen LogP) is 3.94. The summed E-state index contributed by atoms with van der Waals surface area (Å²) < 4.78 is 0. The Hall–Kier alpha value is -1.11. The van der Waals surface area contributed by atoms with Crippen LogP contribution in [0.4, 0.5) is 0 Å². The van der Waals surface area contributed by atoms with Crippen LogP contribution in [0.15, 0.2) is 30.3 Å². The van der Waals surface area contributed by atoms with Crippen molar-refractivity contribution in [3.63, 3.8) is 0 Å². The predicted molar refractivity (Wildman–Crippen MR) is 68.9 cm³/mol. The van der Waals surface area contributed by atoms with E-state index in [0.717, 1.165) is 18.8 Å². The van der Waals surface area contributed by atoms with Crippen molar-refractivity contribution >= 4 is 5.78 Å². The number of rotatable bonds is 1. The van der Waals surface area contributed by atoms with Gasteiger partial charge < -0.3 is 0 Å². The molecule has 0 saturated heterocycles. The quantitative estimate of drug-likeness (QED) is 0.711. The van der Waals surface area contributed by atoms with Gasteiger partial charge in [0.15, 0.2) is 0 Å². The first-order valence-corrected chi connectivity index (χ1v) is 6.92. The van der Waals surface area contributed by atoms with Gasteiger partial charge >= 0.3 is 0 Å². The van der Waals surface area contributed by atoms with E-state index in [4.69, 9.17) is 0 Å². The second-order valence-corrected chi connectivity index (χ2v) is 5.67. The fourth-order valence-electron chi connectivity index (χ4n) is 3.71. The highest BCUT2D eigenvalue weighted by Gasteiger charge is 2.37. The van der Waals surface area contributed by atoms with E-state index >= 15 is 0 Å². The molecule has 90 valence electrons. The molecule has 0 bridgehead atoms. The van der Waals surface area contributed by atoms with Crippen molar-refractivity contribution in [3.8, 4) is 0 Å². The summed E-state index contributed by atoms with van der Waals surface area (Å²) in [6.45, 7) is 0. The number of hydrogen-bond donors (Lipinski definition) is 0. The first-order chi connectivity index (χ1) is 8.34. The molecule has 3 rings (SSSR count). The van der Waals surface area contributed by atoms with E-state index in [1.165, 1.54) is 31.2 Å². The SMILES string of the molecule is O=C1C[C@H]2CCCC[C@H]2C[C@@H]1c1ccccc1. The summed E-state index contributed by atoms with van der Waals surface area (Å²) in [6, 6.07) is 10.4. The van der Waals surface area contributed by atoms with Crippen molar-refractivity contribution in [1.29, 1.82) is 0 Å². The van der Waals surface area contributed by atoms with Crippen LogP contribution in [0.2, 0.25) is 0 Å². The van der Waals surface area contributed by atoms with Crippen molar-refractivity contribution in [2.45, 2.75) is 44.4 Å². The van der Waals surface area contributed by atoms with Gasteiger partial charge in [-0.3, -0.25) is 4.79 Å². The molecular weight excluding hydrogens is 208 g/mol. The Morgan fingerprint density at radius 2 is 1.65 bits per heavy atom. The van der Waals surface area contributed by atoms with Crippen molar-refractivity contribution in [1.82, 2.24) is 0 Å². The van der Waals surface area contributed by atoms with Gasteiger partial charge in [-0.25, -0.2) is 0 Å². The third kappa shape index (κ3) is 2.15. The standard InChI is InChI=1S/C16H20O/c17-16-11-14-9-5-4-8-13(14)10-15(16)12-6-2-1-3-7-12/h1-3,6-7,13-15H,4-5,8-11H2/t13-,14+,15+/m0/s1. The zero-order chi connectivity index (χ0) is 11.7. The summed E-state index contributed by atoms with van der Waals surface area (Å²) >= 11 is 0. The van der Waals surface area contributed by atoms with E-state index in [2.05, 4.69) is 24.3 Å². The largest absolute Gasteiger partial charge is 0.299 e. The highest BCUT2D eigenvalue weighted by atomic mass is 16.1. The van der Waals surface area contributed by atoms with Crippen LogP contribution >= 0.6 is 0 Å². The molecule has 2 saturated carbocycles. The van der Waals surface area contributed by atoms with E-state index in [9.17, 15) is 4.79 Å². The Morgan fingerprint density at radius 3 is 2.41 bits per heavy atom. The number of carbonyl (C=O) groups is 1. The van der Waals surface area contributed by atoms with Gasteiger partial charge in [0.1, 0.15) is 5.78 Å². The van der Waals surface area contributed by atoms with Crippen LogP contribution in [0.1, 0.15) is 50.0 Å². The van der Waals surface area contributed by atoms with E-state index in [1.807, 2.05) is 6.07 Å². The molecule has 0 N–H and O–H groups in total. The van der Waals surface area contributed by atoms with Crippen molar-refractivity contribution in [2.75, 3.05) is 0 Å². The zero-order valence-electron chi connectivity index (χ0n) is 10.3. The minimum atomic E-state index is 0.190. The Balaban J connectivity index is 1.80. The molecule has 1 aromatic rings. The third-order valence-electron chi connectivity index (χ3n) is 4.66. The van der Waals surface area contributed by atoms with Crippen LogP contribution in [0, 0.1) is 11.8 Å². The number of ketones is 1. The average Bonchev–Trinajstić information content (AvgIpc) is 2.39. The van der Waals surface area contributed by atoms with Gasteiger partial charge in [-0.2, -0.15) is 0 Å². The maximum absolute atomic E-state index is 12.2. The van der Waals surface area contributed by atoms with Crippen LogP contribution in [0.5, 0.6) is 0 Å². The normalized spacial score (nSPS) is 33.2. The number of hydrogen-bond acceptors (Lipinski definition) is 1. The van der Waals surface area contributed by atoms with Crippen LogP contribution in [-0.4, -0.2) is 5.78 Å². The van der Waals surface area contributed by atoms with E-state index in [-0.39, 0.29) is 5.92 Å². The lowest BCUT2D eigenvalue weighted by atomic mass is 9.66. The maximum atomic E-state index is 12.2. The average molecular weight is 228 g/mol. The Kier molecular flexibility index (Phi) is 3.00. The Bertz CT molecular complexity index is 395. The highest BCUT2D eigenvalue weighted by molar-refractivity contribution is 5.86. The first-order valence-electron chi connectivity index (χ1n) is 6.92. The molecule has 0 unspecified atom stereocenters. The van der Waals surface area contributed by atoms with E-state index in [0.29, 0.717) is 11.7 Å². The summed E-state index contributed by atoms with van der Waals surface area (Å²) in [7, 11) is 0. The Labute approximate surface area is 103 Å². The lowest BCUT2D eigenvalue weighted by molar-refractivity contribution is -0.125. The number of benzene rings is 1. The minimum Gasteiger partial charge on any atom is -0.299 e. The maximum Gasteiger partial charge on any atom is 0.140 e. The molecule has 3 atom stereocenters. The summed E-state index contributed by atoms with van der Waals surface area (Å²) in [6.07, 6.45) is 7.29. The number of Topliss-reactive ketones (excluding diaryl/α,β-unsaturated/α-hetero) is 1. The fourth-order valence-corrected chi connectivity index (χ4v) is 3.71. The van der Waals surface area contributed by atoms with Gasteiger partial charge in [-0.05, 0) is 30.2 Å². The lowest BCUT2D eigenvalue weighted by Gasteiger charge is -2.38. The monoisotopic (exact) mass is 228 g/mol. The fraction of sp³-hybridized carbons (Fsp3) is 0.562. The molecule has 1 aromatic carbocycles. The number of carbonyl (C=O) groups excluding carboxylic acids is 1. The summed E-state index contributed by atoms with van der Waals surface area (Å²) in [5, 5.41) is 0. The second-order valence-electron chi connectivity index (χ2n) is 5.67. The molecular formula is C16H20O. The topological polar surface area (TPSA) is 17.1 Å². The summed E-state index contributed by atoms with van der Waals surface area (Å²) in [5.74, 6) is 2.19. The zero-order valence-corrected chi connectivity index (χ0v) is 10.3. The van der Waals surface area contributed by atoms with Gasteiger partial charge in [0.2, 0.25) is 0 Å². The van der Waals surface area contributed by atoms with Crippen molar-refractivity contribution in [2.24, 2.45) is 11.8 Å². The molecule has 1 heteroatoms. The summed E-state index contributed by atoms with van der Waals surface area (Å²) in [5.41, 5.74) is 1.24. The van der Waals surface area contributed by atoms with Gasteiger partial charge in [-0.15, -0.1) is 0 Å². The molecule has 0 spiro atoms. The molecule has 2 aliphatic carbocycles. The van der Waals surface area contributed by atoms with Gasteiger partial charge in [-0.1, -0.05) is 49.6 Å². The van der Waals surface area contributed by atoms with Crippen LogP contribution in [0.25, 0.3) is 0 Å².